The molecular weight excluding hydrogens is 300 g/mol. The molecule has 19 heavy (non-hydrogen) atoms. The molecule has 0 radical (unpaired) electrons. The summed E-state index contributed by atoms with van der Waals surface area (Å²) >= 11 is 3.66. The van der Waals surface area contributed by atoms with Crippen LogP contribution in [-0.2, 0) is 6.42 Å². The van der Waals surface area contributed by atoms with Gasteiger partial charge in [0.1, 0.15) is 0 Å². The maximum Gasteiger partial charge on any atom is 0.0326 e. The first-order valence-corrected chi connectivity index (χ1v) is 7.84. The third-order valence-electron chi connectivity index (χ3n) is 3.78. The van der Waals surface area contributed by atoms with Gasteiger partial charge in [-0.3, -0.25) is 0 Å². The molecule has 1 atom stereocenters. The fraction of sp³-hybridized carbons (Fsp3) is 0.625. The summed E-state index contributed by atoms with van der Waals surface area (Å²) in [5, 5.41) is 3.76. The Kier molecular flexibility index (Phi) is 4.70. The van der Waals surface area contributed by atoms with Gasteiger partial charge >= 0.3 is 0 Å². The van der Waals surface area contributed by atoms with Gasteiger partial charge < -0.3 is 10.2 Å². The Morgan fingerprint density at radius 1 is 1.37 bits per heavy atom. The third kappa shape index (κ3) is 3.80. The monoisotopic (exact) mass is 324 g/mol. The molecule has 0 saturated carbocycles. The summed E-state index contributed by atoms with van der Waals surface area (Å²) in [6.07, 6.45) is 2.40. The van der Waals surface area contributed by atoms with Crippen LogP contribution in [0.1, 0.15) is 37.4 Å². The number of hydrogen-bond acceptors (Lipinski definition) is 2. The van der Waals surface area contributed by atoms with Crippen LogP contribution >= 0.6 is 15.9 Å². The first-order chi connectivity index (χ1) is 8.89. The summed E-state index contributed by atoms with van der Waals surface area (Å²) in [6, 6.07) is 7.09. The van der Waals surface area contributed by atoms with Crippen LogP contribution in [-0.4, -0.2) is 32.1 Å². The van der Waals surface area contributed by atoms with Crippen molar-refractivity contribution in [3.8, 4) is 0 Å². The molecule has 0 spiro atoms. The molecule has 2 nitrogen and oxygen atoms in total. The maximum absolute atomic E-state index is 3.76. The molecule has 0 heterocycles. The minimum atomic E-state index is 0.304. The van der Waals surface area contributed by atoms with Gasteiger partial charge in [-0.1, -0.05) is 41.9 Å². The highest BCUT2D eigenvalue weighted by molar-refractivity contribution is 9.10. The Labute approximate surface area is 125 Å². The lowest BCUT2D eigenvalue weighted by Crippen LogP contribution is -2.38. The Hall–Kier alpha value is -0.380. The summed E-state index contributed by atoms with van der Waals surface area (Å²) in [5.41, 5.74) is 3.28. The topological polar surface area (TPSA) is 15.3 Å². The van der Waals surface area contributed by atoms with Crippen LogP contribution in [0.25, 0.3) is 0 Å². The quantitative estimate of drug-likeness (QED) is 0.890. The van der Waals surface area contributed by atoms with Gasteiger partial charge in [0.25, 0.3) is 0 Å². The van der Waals surface area contributed by atoms with Crippen LogP contribution in [0, 0.1) is 5.41 Å². The minimum Gasteiger partial charge on any atom is -0.309 e. The van der Waals surface area contributed by atoms with Crippen LogP contribution < -0.4 is 5.32 Å². The molecule has 2 rings (SSSR count). The van der Waals surface area contributed by atoms with Crippen molar-refractivity contribution in [1.82, 2.24) is 10.2 Å². The molecule has 3 heteroatoms. The van der Waals surface area contributed by atoms with Gasteiger partial charge in [-0.05, 0) is 49.5 Å². The van der Waals surface area contributed by atoms with E-state index < -0.39 is 0 Å². The molecule has 0 aliphatic heterocycles. The zero-order chi connectivity index (χ0) is 14.0. The fourth-order valence-corrected chi connectivity index (χ4v) is 3.71. The van der Waals surface area contributed by atoms with E-state index in [9.17, 15) is 0 Å². The van der Waals surface area contributed by atoms with Crippen LogP contribution in [0.2, 0.25) is 0 Å². The summed E-state index contributed by atoms with van der Waals surface area (Å²) < 4.78 is 1.27. The molecule has 0 amide bonds. The highest BCUT2D eigenvalue weighted by Gasteiger charge is 2.26. The average Bonchev–Trinajstić information content (AvgIpc) is 2.69. The van der Waals surface area contributed by atoms with E-state index in [1.807, 2.05) is 0 Å². The van der Waals surface area contributed by atoms with E-state index in [2.05, 4.69) is 72.3 Å². The fourth-order valence-electron chi connectivity index (χ4n) is 3.13. The smallest absolute Gasteiger partial charge is 0.0326 e. The number of halogens is 1. The van der Waals surface area contributed by atoms with Crippen molar-refractivity contribution >= 4 is 15.9 Å². The van der Waals surface area contributed by atoms with Crippen molar-refractivity contribution in [1.29, 1.82) is 0 Å². The Morgan fingerprint density at radius 3 is 2.79 bits per heavy atom. The normalized spacial score (nSPS) is 18.9. The predicted molar refractivity (Wildman–Crippen MR) is 85.5 cm³/mol. The van der Waals surface area contributed by atoms with Gasteiger partial charge in [-0.25, -0.2) is 0 Å². The van der Waals surface area contributed by atoms with E-state index in [4.69, 9.17) is 0 Å². The molecule has 0 saturated heterocycles. The van der Waals surface area contributed by atoms with Gasteiger partial charge in [-0.2, -0.15) is 0 Å². The lowest BCUT2D eigenvalue weighted by molar-refractivity contribution is 0.225. The highest BCUT2D eigenvalue weighted by Crippen LogP contribution is 2.35. The number of hydrogen-bond donors (Lipinski definition) is 1. The lowest BCUT2D eigenvalue weighted by atomic mass is 9.92. The molecule has 0 fully saturated rings. The van der Waals surface area contributed by atoms with Gasteiger partial charge in [0, 0.05) is 23.6 Å². The number of nitrogens with one attached hydrogen (secondary N) is 1. The predicted octanol–water partition coefficient (Wildman–Crippen LogP) is 3.61. The Morgan fingerprint density at radius 2 is 2.11 bits per heavy atom. The number of benzene rings is 1. The van der Waals surface area contributed by atoms with Gasteiger partial charge in [-0.15, -0.1) is 0 Å². The number of fused-ring (bicyclic) bond motifs is 1. The van der Waals surface area contributed by atoms with Gasteiger partial charge in [0.2, 0.25) is 0 Å². The van der Waals surface area contributed by atoms with Crippen molar-refractivity contribution < 1.29 is 0 Å². The largest absolute Gasteiger partial charge is 0.309 e. The van der Waals surface area contributed by atoms with Gasteiger partial charge in [0.05, 0.1) is 0 Å². The van der Waals surface area contributed by atoms with Crippen molar-refractivity contribution in [3.63, 3.8) is 0 Å². The SMILES string of the molecule is CN(C)CC(C)(C)CNC1CCc2c(Br)cccc21. The summed E-state index contributed by atoms with van der Waals surface area (Å²) in [6.45, 7) is 6.83. The minimum absolute atomic E-state index is 0.304. The van der Waals surface area contributed by atoms with E-state index >= 15 is 0 Å². The number of rotatable bonds is 5. The Bertz CT molecular complexity index is 440. The standard InChI is InChI=1S/C16H25BrN2/c1-16(2,11-19(3)4)10-18-15-9-8-12-13(15)6-5-7-14(12)17/h5-7,15,18H,8-11H2,1-4H3. The summed E-state index contributed by atoms with van der Waals surface area (Å²) in [7, 11) is 4.29. The average molecular weight is 325 g/mol. The van der Waals surface area contributed by atoms with E-state index in [-0.39, 0.29) is 0 Å². The van der Waals surface area contributed by atoms with Crippen LogP contribution in [0.15, 0.2) is 22.7 Å². The molecule has 1 aromatic carbocycles. The van der Waals surface area contributed by atoms with Crippen LogP contribution in [0.5, 0.6) is 0 Å². The van der Waals surface area contributed by atoms with Crippen molar-refractivity contribution in [2.75, 3.05) is 27.2 Å². The van der Waals surface area contributed by atoms with E-state index in [1.165, 1.54) is 28.4 Å². The molecule has 0 aromatic heterocycles. The molecule has 1 N–H and O–H groups in total. The van der Waals surface area contributed by atoms with Gasteiger partial charge in [0.15, 0.2) is 0 Å². The second-order valence-electron chi connectivity index (χ2n) is 6.68. The molecule has 1 aliphatic carbocycles. The molecule has 1 aliphatic rings. The van der Waals surface area contributed by atoms with Crippen molar-refractivity contribution in [2.24, 2.45) is 5.41 Å². The highest BCUT2D eigenvalue weighted by atomic mass is 79.9. The second kappa shape index (κ2) is 5.94. The second-order valence-corrected chi connectivity index (χ2v) is 7.54. The Balaban J connectivity index is 1.98. The first kappa shape index (κ1) is 15.0. The number of nitrogens with zero attached hydrogens (tertiary/aromatic N) is 1. The van der Waals surface area contributed by atoms with E-state index in [1.54, 1.807) is 0 Å². The van der Waals surface area contributed by atoms with Crippen LogP contribution in [0.3, 0.4) is 0 Å². The third-order valence-corrected chi connectivity index (χ3v) is 4.53. The zero-order valence-corrected chi connectivity index (χ0v) is 14.0. The maximum atomic E-state index is 3.76. The van der Waals surface area contributed by atoms with E-state index in [0.29, 0.717) is 11.5 Å². The molecule has 1 unspecified atom stereocenters. The summed E-state index contributed by atoms with van der Waals surface area (Å²) in [5.74, 6) is 0. The van der Waals surface area contributed by atoms with Crippen LogP contribution in [0.4, 0.5) is 0 Å². The summed E-state index contributed by atoms with van der Waals surface area (Å²) in [4.78, 5) is 2.26. The molecule has 1 aromatic rings. The zero-order valence-electron chi connectivity index (χ0n) is 12.5. The van der Waals surface area contributed by atoms with Crippen molar-refractivity contribution in [3.05, 3.63) is 33.8 Å². The lowest BCUT2D eigenvalue weighted by Gasteiger charge is -2.30. The molecule has 106 valence electrons. The molecule has 0 bridgehead atoms. The van der Waals surface area contributed by atoms with Crippen molar-refractivity contribution in [2.45, 2.75) is 32.7 Å². The first-order valence-electron chi connectivity index (χ1n) is 7.04. The van der Waals surface area contributed by atoms with E-state index in [0.717, 1.165) is 13.1 Å². The molecular formula is C16H25BrN2.